The van der Waals surface area contributed by atoms with E-state index >= 15 is 0 Å². The van der Waals surface area contributed by atoms with Gasteiger partial charge in [0.15, 0.2) is 0 Å². The van der Waals surface area contributed by atoms with Crippen LogP contribution in [-0.4, -0.2) is 5.97 Å². The Morgan fingerprint density at radius 1 is 0.750 bits per heavy atom. The van der Waals surface area contributed by atoms with Crippen LogP contribution in [0, 0.1) is 13.8 Å². The quantitative estimate of drug-likeness (QED) is 0.112. The first kappa shape index (κ1) is 32.4. The summed E-state index contributed by atoms with van der Waals surface area (Å²) in [6, 6.07) is 11.0. The van der Waals surface area contributed by atoms with Crippen molar-refractivity contribution >= 4 is 5.97 Å². The average molecular weight is 547 g/mol. The molecule has 1 heterocycles. The van der Waals surface area contributed by atoms with Gasteiger partial charge in [0, 0.05) is 5.56 Å². The van der Waals surface area contributed by atoms with E-state index in [1.807, 2.05) is 0 Å². The molecule has 0 fully saturated rings. The third-order valence-corrected chi connectivity index (χ3v) is 9.15. The molecular weight excluding hydrogens is 488 g/mol. The number of esters is 1. The molecule has 1 aliphatic heterocycles. The number of unbranched alkanes of at least 4 members (excludes halogenated alkanes) is 13. The Morgan fingerprint density at radius 2 is 1.30 bits per heavy atom. The minimum atomic E-state index is -0.330. The Labute approximate surface area is 246 Å². The van der Waals surface area contributed by atoms with Gasteiger partial charge in [-0.2, -0.15) is 0 Å². The highest BCUT2D eigenvalue weighted by Crippen LogP contribution is 2.47. The number of ether oxygens (including phenoxy) is 1. The Bertz CT molecular complexity index is 1070. The zero-order valence-electron chi connectivity index (χ0n) is 27.0. The van der Waals surface area contributed by atoms with E-state index in [1.54, 1.807) is 0 Å². The number of aryl methyl sites for hydroxylation is 2. The molecule has 222 valence electrons. The smallest absolute Gasteiger partial charge is 0.323 e. The molecule has 0 bridgehead atoms. The predicted octanol–water partition coefficient (Wildman–Crippen LogP) is 11.6. The van der Waals surface area contributed by atoms with Gasteiger partial charge < -0.3 is 4.74 Å². The lowest BCUT2D eigenvalue weighted by Crippen LogP contribution is -2.14. The lowest BCUT2D eigenvalue weighted by atomic mass is 9.79. The monoisotopic (exact) mass is 546 g/mol. The van der Waals surface area contributed by atoms with Gasteiger partial charge in [0.1, 0.15) is 11.7 Å². The average Bonchev–Trinajstić information content (AvgIpc) is 3.25. The van der Waals surface area contributed by atoms with E-state index in [9.17, 15) is 4.79 Å². The molecular formula is C38H58O2. The maximum Gasteiger partial charge on any atom is 0.323 e. The normalized spacial score (nSPS) is 15.8. The molecule has 2 nitrogen and oxygen atoms in total. The first-order valence-electron chi connectivity index (χ1n) is 16.6. The molecule has 0 N–H and O–H groups in total. The number of benzene rings is 2. The maximum atomic E-state index is 13.2. The summed E-state index contributed by atoms with van der Waals surface area (Å²) < 4.78 is 6.05. The fourth-order valence-corrected chi connectivity index (χ4v) is 6.15. The predicted molar refractivity (Wildman–Crippen MR) is 172 cm³/mol. The van der Waals surface area contributed by atoms with Gasteiger partial charge in [-0.25, -0.2) is 0 Å². The van der Waals surface area contributed by atoms with Gasteiger partial charge in [0.25, 0.3) is 0 Å². The summed E-state index contributed by atoms with van der Waals surface area (Å²) in [5.74, 6) is 0.747. The molecule has 0 saturated heterocycles. The van der Waals surface area contributed by atoms with Crippen molar-refractivity contribution in [1.29, 1.82) is 0 Å². The summed E-state index contributed by atoms with van der Waals surface area (Å²) >= 11 is 0. The van der Waals surface area contributed by atoms with E-state index in [0.717, 1.165) is 23.3 Å². The highest BCUT2D eigenvalue weighted by molar-refractivity contribution is 5.90. The van der Waals surface area contributed by atoms with Crippen LogP contribution in [0.1, 0.15) is 176 Å². The first-order valence-corrected chi connectivity index (χ1v) is 16.6. The number of rotatable bonds is 17. The minimum absolute atomic E-state index is 0.0118. The highest BCUT2D eigenvalue weighted by Gasteiger charge is 2.38. The number of hydrogen-bond acceptors (Lipinski definition) is 2. The van der Waals surface area contributed by atoms with Gasteiger partial charge in [0.05, 0.1) is 0 Å². The number of fused-ring (bicyclic) bond motifs is 1. The van der Waals surface area contributed by atoms with E-state index in [4.69, 9.17) is 4.74 Å². The second-order valence-corrected chi connectivity index (χ2v) is 13.7. The fraction of sp³-hybridized carbons (Fsp3) is 0.658. The maximum absolute atomic E-state index is 13.2. The highest BCUT2D eigenvalue weighted by atomic mass is 16.5. The van der Waals surface area contributed by atoms with Crippen LogP contribution in [0.15, 0.2) is 30.3 Å². The largest absolute Gasteiger partial charge is 0.425 e. The van der Waals surface area contributed by atoms with Crippen molar-refractivity contribution < 1.29 is 9.53 Å². The molecule has 0 spiro atoms. The Hall–Kier alpha value is -2.09. The summed E-state index contributed by atoms with van der Waals surface area (Å²) in [7, 11) is 0. The topological polar surface area (TPSA) is 26.3 Å². The molecule has 0 aliphatic carbocycles. The van der Waals surface area contributed by atoms with Gasteiger partial charge in [-0.15, -0.1) is 0 Å². The van der Waals surface area contributed by atoms with Gasteiger partial charge in [0.2, 0.25) is 0 Å². The summed E-state index contributed by atoms with van der Waals surface area (Å²) in [6.07, 6.45) is 20.5. The van der Waals surface area contributed by atoms with E-state index in [0.29, 0.717) is 5.92 Å². The van der Waals surface area contributed by atoms with E-state index < -0.39 is 0 Å². The zero-order valence-corrected chi connectivity index (χ0v) is 27.0. The minimum Gasteiger partial charge on any atom is -0.425 e. The Balaban J connectivity index is 1.52. The molecule has 2 unspecified atom stereocenters. The lowest BCUT2D eigenvalue weighted by Gasteiger charge is -2.24. The van der Waals surface area contributed by atoms with Crippen LogP contribution in [0.4, 0.5) is 0 Å². The first-order chi connectivity index (χ1) is 19.1. The van der Waals surface area contributed by atoms with Crippen molar-refractivity contribution in [3.8, 4) is 5.75 Å². The Kier molecular flexibility index (Phi) is 12.8. The Morgan fingerprint density at radius 3 is 1.82 bits per heavy atom. The third kappa shape index (κ3) is 9.22. The fourth-order valence-electron chi connectivity index (χ4n) is 6.15. The second kappa shape index (κ2) is 15.8. The van der Waals surface area contributed by atoms with Crippen molar-refractivity contribution in [2.45, 2.75) is 162 Å². The SMILES string of the molecule is CCCCCCCCCCCCCCCCC(C)c1cc(C(C)(C)C)cc2c1OC(=O)C2c1ccc(C)c(C)c1. The number of hydrogen-bond donors (Lipinski definition) is 0. The molecule has 2 aromatic carbocycles. The molecule has 2 atom stereocenters. The molecule has 2 aromatic rings. The van der Waals surface area contributed by atoms with Crippen LogP contribution >= 0.6 is 0 Å². The van der Waals surface area contributed by atoms with Gasteiger partial charge >= 0.3 is 5.97 Å². The molecule has 2 heteroatoms. The third-order valence-electron chi connectivity index (χ3n) is 9.15. The zero-order chi connectivity index (χ0) is 29.1. The summed E-state index contributed by atoms with van der Waals surface area (Å²) in [5, 5.41) is 0. The number of carbonyl (C=O) groups is 1. The van der Waals surface area contributed by atoms with Crippen molar-refractivity contribution in [1.82, 2.24) is 0 Å². The van der Waals surface area contributed by atoms with Gasteiger partial charge in [-0.05, 0) is 59.4 Å². The number of carbonyl (C=O) groups excluding carboxylic acids is 1. The van der Waals surface area contributed by atoms with Crippen molar-refractivity contribution in [2.75, 3.05) is 0 Å². The van der Waals surface area contributed by atoms with E-state index in [1.165, 1.54) is 112 Å². The van der Waals surface area contributed by atoms with Crippen LogP contribution in [0.5, 0.6) is 5.75 Å². The van der Waals surface area contributed by atoms with Crippen LogP contribution < -0.4 is 4.74 Å². The second-order valence-electron chi connectivity index (χ2n) is 13.7. The van der Waals surface area contributed by atoms with Gasteiger partial charge in [-0.1, -0.05) is 155 Å². The van der Waals surface area contributed by atoms with Crippen molar-refractivity contribution in [3.05, 3.63) is 63.7 Å². The van der Waals surface area contributed by atoms with Gasteiger partial charge in [-0.3, -0.25) is 4.79 Å². The van der Waals surface area contributed by atoms with Crippen LogP contribution in [0.25, 0.3) is 0 Å². The molecule has 0 radical (unpaired) electrons. The molecule has 0 aromatic heterocycles. The van der Waals surface area contributed by atoms with E-state index in [2.05, 4.69) is 78.8 Å². The van der Waals surface area contributed by atoms with Crippen LogP contribution in [0.2, 0.25) is 0 Å². The molecule has 40 heavy (non-hydrogen) atoms. The van der Waals surface area contributed by atoms with Crippen LogP contribution in [-0.2, 0) is 10.2 Å². The standard InChI is InChI=1S/C38H58O2/c1-8-9-10-11-12-13-14-15-16-17-18-19-20-21-22-29(3)33-26-32(38(5,6)7)27-34-35(37(39)40-36(33)34)31-24-23-28(2)30(4)25-31/h23-27,29,35H,8-22H2,1-7H3. The summed E-state index contributed by atoms with van der Waals surface area (Å²) in [5.41, 5.74) is 7.10. The van der Waals surface area contributed by atoms with Crippen molar-refractivity contribution in [2.24, 2.45) is 0 Å². The van der Waals surface area contributed by atoms with Crippen LogP contribution in [0.3, 0.4) is 0 Å². The summed E-state index contributed by atoms with van der Waals surface area (Å²) in [4.78, 5) is 13.2. The lowest BCUT2D eigenvalue weighted by molar-refractivity contribution is -0.133. The molecule has 3 rings (SSSR count). The molecule has 0 saturated carbocycles. The summed E-state index contributed by atoms with van der Waals surface area (Å²) in [6.45, 7) is 15.6. The molecule has 1 aliphatic rings. The molecule has 0 amide bonds. The van der Waals surface area contributed by atoms with Crippen molar-refractivity contribution in [3.63, 3.8) is 0 Å². The van der Waals surface area contributed by atoms with E-state index in [-0.39, 0.29) is 17.3 Å².